The molecule has 0 saturated heterocycles. The predicted molar refractivity (Wildman–Crippen MR) is 84.6 cm³/mol. The highest BCUT2D eigenvalue weighted by Gasteiger charge is 2.45. The van der Waals surface area contributed by atoms with Gasteiger partial charge in [-0.3, -0.25) is 0 Å². The zero-order chi connectivity index (χ0) is 18.6. The second-order valence-corrected chi connectivity index (χ2v) is 5.09. The molecule has 24 heavy (non-hydrogen) atoms. The molecule has 0 N–H and O–H groups in total. The summed E-state index contributed by atoms with van der Waals surface area (Å²) in [4.78, 5) is 24.3. The number of hydrogen-bond donors (Lipinski definition) is 0. The first-order chi connectivity index (χ1) is 11.4. The minimum absolute atomic E-state index is 0.0717. The van der Waals surface area contributed by atoms with E-state index < -0.39 is 23.0 Å². The molecule has 8 heteroatoms. The van der Waals surface area contributed by atoms with Gasteiger partial charge in [0.15, 0.2) is 0 Å². The van der Waals surface area contributed by atoms with Gasteiger partial charge in [0.05, 0.1) is 13.2 Å². The molecule has 2 atom stereocenters. The summed E-state index contributed by atoms with van der Waals surface area (Å²) in [7, 11) is 0. The van der Waals surface area contributed by atoms with E-state index in [2.05, 4.69) is 10.2 Å². The van der Waals surface area contributed by atoms with Gasteiger partial charge < -0.3 is 9.47 Å². The van der Waals surface area contributed by atoms with Crippen LogP contribution in [-0.2, 0) is 19.1 Å². The van der Waals surface area contributed by atoms with Crippen molar-refractivity contribution >= 4 is 11.9 Å². The number of esters is 2. The van der Waals surface area contributed by atoms with E-state index in [-0.39, 0.29) is 26.1 Å². The van der Waals surface area contributed by atoms with E-state index in [0.717, 1.165) is 0 Å². The second kappa shape index (κ2) is 10.3. The van der Waals surface area contributed by atoms with E-state index in [1.807, 2.05) is 12.1 Å². The van der Waals surface area contributed by atoms with Gasteiger partial charge in [-0.1, -0.05) is 26.7 Å². The van der Waals surface area contributed by atoms with E-state index in [4.69, 9.17) is 9.47 Å². The average molecular weight is 336 g/mol. The lowest BCUT2D eigenvalue weighted by Gasteiger charge is -2.22. The Morgan fingerprint density at radius 3 is 1.38 bits per heavy atom. The van der Waals surface area contributed by atoms with Crippen LogP contribution < -0.4 is 0 Å². The van der Waals surface area contributed by atoms with Crippen LogP contribution >= 0.6 is 0 Å². The fraction of sp³-hybridized carbons (Fsp3) is 0.750. The summed E-state index contributed by atoms with van der Waals surface area (Å²) in [6.45, 7) is 6.93. The molecule has 0 aromatic carbocycles. The highest BCUT2D eigenvalue weighted by molar-refractivity contribution is 5.86. The van der Waals surface area contributed by atoms with Crippen LogP contribution in [-0.4, -0.2) is 36.2 Å². The predicted octanol–water partition coefficient (Wildman–Crippen LogP) is 2.69. The maximum Gasteiger partial charge on any atom is 0.350 e. The fourth-order valence-electron chi connectivity index (χ4n) is 2.03. The molecular formula is C16H24N4O4. The molecule has 0 aliphatic rings. The molecule has 132 valence electrons. The van der Waals surface area contributed by atoms with E-state index in [1.54, 1.807) is 27.7 Å². The lowest BCUT2D eigenvalue weighted by molar-refractivity contribution is -0.150. The number of azo groups is 1. The normalized spacial score (nSPS) is 15.6. The molecule has 0 bridgehead atoms. The van der Waals surface area contributed by atoms with Crippen LogP contribution in [0.4, 0.5) is 0 Å². The van der Waals surface area contributed by atoms with E-state index in [0.29, 0.717) is 12.8 Å². The number of hydrogen-bond acceptors (Lipinski definition) is 8. The molecule has 0 saturated carbocycles. The van der Waals surface area contributed by atoms with Crippen molar-refractivity contribution in [2.75, 3.05) is 13.2 Å². The zero-order valence-electron chi connectivity index (χ0n) is 14.7. The van der Waals surface area contributed by atoms with Crippen LogP contribution in [0.3, 0.4) is 0 Å². The number of carbonyl (C=O) groups is 2. The molecule has 2 unspecified atom stereocenters. The van der Waals surface area contributed by atoms with Gasteiger partial charge in [-0.05, 0) is 26.7 Å². The topological polar surface area (TPSA) is 125 Å². The summed E-state index contributed by atoms with van der Waals surface area (Å²) in [5, 5.41) is 26.5. The first-order valence-electron chi connectivity index (χ1n) is 8.02. The van der Waals surface area contributed by atoms with Crippen molar-refractivity contribution in [2.24, 2.45) is 10.2 Å². The van der Waals surface area contributed by atoms with Crippen molar-refractivity contribution in [2.45, 2.75) is 64.5 Å². The molecule has 0 aliphatic carbocycles. The van der Waals surface area contributed by atoms with Crippen LogP contribution in [0.15, 0.2) is 10.2 Å². The highest BCUT2D eigenvalue weighted by Crippen LogP contribution is 2.26. The lowest BCUT2D eigenvalue weighted by atomic mass is 9.95. The van der Waals surface area contributed by atoms with Crippen molar-refractivity contribution < 1.29 is 19.1 Å². The minimum Gasteiger partial charge on any atom is -0.463 e. The monoisotopic (exact) mass is 336 g/mol. The number of nitrogens with zero attached hydrogens (tertiary/aromatic N) is 4. The van der Waals surface area contributed by atoms with Gasteiger partial charge in [-0.2, -0.15) is 20.8 Å². The molecule has 0 rings (SSSR count). The van der Waals surface area contributed by atoms with Gasteiger partial charge in [-0.15, -0.1) is 0 Å². The third kappa shape index (κ3) is 5.02. The van der Waals surface area contributed by atoms with Crippen molar-refractivity contribution in [1.82, 2.24) is 0 Å². The van der Waals surface area contributed by atoms with E-state index in [9.17, 15) is 20.1 Å². The van der Waals surface area contributed by atoms with Crippen LogP contribution in [0, 0.1) is 22.7 Å². The Morgan fingerprint density at radius 1 is 0.833 bits per heavy atom. The standard InChI is InChI=1S/C16H24N4O4/c1-5-9-15(11-17,13(21)23-7-3)19-20-16(12-18,10-6-2)14(22)24-8-4/h5-10H2,1-4H3. The van der Waals surface area contributed by atoms with Gasteiger partial charge in [0.2, 0.25) is 0 Å². The van der Waals surface area contributed by atoms with Crippen LogP contribution in [0.25, 0.3) is 0 Å². The van der Waals surface area contributed by atoms with Gasteiger partial charge in [-0.25, -0.2) is 9.59 Å². The Kier molecular flexibility index (Phi) is 9.26. The average Bonchev–Trinajstić information content (AvgIpc) is 2.57. The summed E-state index contributed by atoms with van der Waals surface area (Å²) in [6.07, 6.45) is 1.08. The summed E-state index contributed by atoms with van der Waals surface area (Å²) in [6, 6.07) is 3.63. The largest absolute Gasteiger partial charge is 0.463 e. The van der Waals surface area contributed by atoms with Gasteiger partial charge in [0.25, 0.3) is 11.1 Å². The SMILES string of the molecule is CCCC(C#N)(N=NC(C#N)(CCC)C(=O)OCC)C(=O)OCC. The molecule has 8 nitrogen and oxygen atoms in total. The number of ether oxygens (including phenoxy) is 2. The van der Waals surface area contributed by atoms with Crippen LogP contribution in [0.2, 0.25) is 0 Å². The molecule has 0 aromatic heterocycles. The molecule has 0 spiro atoms. The fourth-order valence-corrected chi connectivity index (χ4v) is 2.03. The number of rotatable bonds is 10. The Bertz CT molecular complexity index is 501. The Balaban J connectivity index is 5.92. The third-order valence-electron chi connectivity index (χ3n) is 3.21. The van der Waals surface area contributed by atoms with Crippen molar-refractivity contribution in [3.63, 3.8) is 0 Å². The van der Waals surface area contributed by atoms with Crippen molar-refractivity contribution in [3.8, 4) is 12.1 Å². The van der Waals surface area contributed by atoms with E-state index in [1.165, 1.54) is 0 Å². The Morgan fingerprint density at radius 2 is 1.17 bits per heavy atom. The Labute approximate surface area is 142 Å². The highest BCUT2D eigenvalue weighted by atomic mass is 16.5. The van der Waals surface area contributed by atoms with Gasteiger partial charge in [0.1, 0.15) is 12.1 Å². The number of carbonyl (C=O) groups excluding carboxylic acids is 2. The molecular weight excluding hydrogens is 312 g/mol. The summed E-state index contributed by atoms with van der Waals surface area (Å²) in [5.74, 6) is -1.68. The molecule has 0 amide bonds. The van der Waals surface area contributed by atoms with Crippen LogP contribution in [0.1, 0.15) is 53.4 Å². The summed E-state index contributed by atoms with van der Waals surface area (Å²) < 4.78 is 9.81. The van der Waals surface area contributed by atoms with Gasteiger partial charge >= 0.3 is 11.9 Å². The number of nitriles is 2. The summed E-state index contributed by atoms with van der Waals surface area (Å²) in [5.41, 5.74) is -3.74. The van der Waals surface area contributed by atoms with E-state index >= 15 is 0 Å². The first kappa shape index (κ1) is 21.5. The van der Waals surface area contributed by atoms with Crippen molar-refractivity contribution in [3.05, 3.63) is 0 Å². The maximum atomic E-state index is 12.1. The third-order valence-corrected chi connectivity index (χ3v) is 3.21. The van der Waals surface area contributed by atoms with Gasteiger partial charge in [0, 0.05) is 0 Å². The summed E-state index contributed by atoms with van der Waals surface area (Å²) >= 11 is 0. The molecule has 0 heterocycles. The zero-order valence-corrected chi connectivity index (χ0v) is 14.7. The van der Waals surface area contributed by atoms with Crippen molar-refractivity contribution in [1.29, 1.82) is 10.5 Å². The molecule has 0 fully saturated rings. The second-order valence-electron chi connectivity index (χ2n) is 5.09. The molecule has 0 aliphatic heterocycles. The molecule has 0 aromatic rings. The minimum atomic E-state index is -1.87. The quantitative estimate of drug-likeness (QED) is 0.446. The Hall–Kier alpha value is -2.48. The first-order valence-corrected chi connectivity index (χ1v) is 8.02. The molecule has 0 radical (unpaired) electrons. The van der Waals surface area contributed by atoms with Crippen LogP contribution in [0.5, 0.6) is 0 Å². The maximum absolute atomic E-state index is 12.1. The smallest absolute Gasteiger partial charge is 0.350 e. The lowest BCUT2D eigenvalue weighted by Crippen LogP contribution is -2.40.